The van der Waals surface area contributed by atoms with Gasteiger partial charge >= 0.3 is 0 Å². The van der Waals surface area contributed by atoms with Gasteiger partial charge in [0.05, 0.1) is 5.69 Å². The van der Waals surface area contributed by atoms with Crippen molar-refractivity contribution in [3.8, 4) is 0 Å². The fourth-order valence-corrected chi connectivity index (χ4v) is 1.56. The van der Waals surface area contributed by atoms with Crippen LogP contribution in [0.4, 0.5) is 10.1 Å². The molecule has 0 aliphatic heterocycles. The Bertz CT molecular complexity index is 388. The summed E-state index contributed by atoms with van der Waals surface area (Å²) in [4.78, 5) is 12.4. The monoisotopic (exact) mass is 221 g/mol. The molecule has 0 saturated carbocycles. The molecule has 0 aliphatic carbocycles. The fraction of sp³-hybridized carbons (Fsp3) is 0.308. The molecule has 86 valence electrons. The number of benzene rings is 1. The van der Waals surface area contributed by atoms with Crippen molar-refractivity contribution < 1.29 is 9.18 Å². The van der Waals surface area contributed by atoms with Crippen molar-refractivity contribution in [3.63, 3.8) is 0 Å². The van der Waals surface area contributed by atoms with E-state index in [0.29, 0.717) is 24.1 Å². The van der Waals surface area contributed by atoms with Gasteiger partial charge in [0.25, 0.3) is 0 Å². The summed E-state index contributed by atoms with van der Waals surface area (Å²) in [6.45, 7) is 8.20. The summed E-state index contributed by atoms with van der Waals surface area (Å²) in [5.41, 5.74) is 0.851. The lowest BCUT2D eigenvalue weighted by Crippen LogP contribution is -2.31. The van der Waals surface area contributed by atoms with Crippen LogP contribution in [0.3, 0.4) is 0 Å². The van der Waals surface area contributed by atoms with Crippen LogP contribution in [0, 0.1) is 5.82 Å². The summed E-state index contributed by atoms with van der Waals surface area (Å²) in [5, 5.41) is 0. The van der Waals surface area contributed by atoms with Gasteiger partial charge in [-0.1, -0.05) is 6.08 Å². The van der Waals surface area contributed by atoms with E-state index in [9.17, 15) is 9.18 Å². The van der Waals surface area contributed by atoms with Crippen molar-refractivity contribution in [1.82, 2.24) is 0 Å². The Kier molecular flexibility index (Phi) is 4.23. The zero-order valence-corrected chi connectivity index (χ0v) is 9.61. The Labute approximate surface area is 95.4 Å². The molecule has 0 atom stereocenters. The molecule has 0 spiro atoms. The first-order valence-electron chi connectivity index (χ1n) is 5.22. The Hall–Kier alpha value is -1.64. The number of nitrogens with zero attached hydrogens (tertiary/aromatic N) is 1. The molecule has 0 unspecified atom stereocenters. The van der Waals surface area contributed by atoms with E-state index >= 15 is 0 Å². The highest BCUT2D eigenvalue weighted by Crippen LogP contribution is 2.22. The molecule has 0 bridgehead atoms. The first kappa shape index (κ1) is 12.4. The van der Waals surface area contributed by atoms with Gasteiger partial charge in [0, 0.05) is 18.2 Å². The van der Waals surface area contributed by atoms with Crippen molar-refractivity contribution >= 4 is 12.0 Å². The van der Waals surface area contributed by atoms with E-state index in [2.05, 4.69) is 6.58 Å². The second kappa shape index (κ2) is 5.45. The van der Waals surface area contributed by atoms with Gasteiger partial charge in [-0.15, -0.1) is 6.58 Å². The van der Waals surface area contributed by atoms with E-state index in [4.69, 9.17) is 0 Å². The third-order valence-electron chi connectivity index (χ3n) is 2.37. The highest BCUT2D eigenvalue weighted by molar-refractivity contribution is 5.76. The molecule has 0 saturated heterocycles. The van der Waals surface area contributed by atoms with Crippen molar-refractivity contribution in [2.75, 3.05) is 11.4 Å². The smallest absolute Gasteiger partial charge is 0.150 e. The molecule has 0 aliphatic rings. The summed E-state index contributed by atoms with van der Waals surface area (Å²) in [7, 11) is 0. The second-order valence-corrected chi connectivity index (χ2v) is 3.86. The van der Waals surface area contributed by atoms with Crippen molar-refractivity contribution in [2.24, 2.45) is 0 Å². The number of aldehydes is 1. The lowest BCUT2D eigenvalue weighted by Gasteiger charge is -2.28. The van der Waals surface area contributed by atoms with Crippen LogP contribution >= 0.6 is 0 Å². The minimum Gasteiger partial charge on any atom is -0.363 e. The van der Waals surface area contributed by atoms with Crippen molar-refractivity contribution in [3.05, 3.63) is 42.2 Å². The summed E-state index contributed by atoms with van der Waals surface area (Å²) in [5.74, 6) is -0.375. The summed E-state index contributed by atoms with van der Waals surface area (Å²) in [6, 6.07) is 4.67. The minimum atomic E-state index is -0.375. The molecule has 0 N–H and O–H groups in total. The number of anilines is 1. The number of hydrogen-bond donors (Lipinski definition) is 0. The Balaban J connectivity index is 3.09. The number of hydrogen-bond acceptors (Lipinski definition) is 2. The number of carbonyl (C=O) groups excluding carboxylic acids is 1. The Morgan fingerprint density at radius 1 is 1.50 bits per heavy atom. The third kappa shape index (κ3) is 2.69. The molecule has 1 aromatic rings. The van der Waals surface area contributed by atoms with Crippen molar-refractivity contribution in [2.45, 2.75) is 19.9 Å². The quantitative estimate of drug-likeness (QED) is 0.562. The maximum Gasteiger partial charge on any atom is 0.150 e. The second-order valence-electron chi connectivity index (χ2n) is 3.86. The average Bonchev–Trinajstić information content (AvgIpc) is 2.26. The van der Waals surface area contributed by atoms with E-state index in [0.717, 1.165) is 0 Å². The molecule has 16 heavy (non-hydrogen) atoms. The van der Waals surface area contributed by atoms with Gasteiger partial charge in [-0.2, -0.15) is 0 Å². The molecule has 2 nitrogen and oxygen atoms in total. The number of rotatable bonds is 5. The van der Waals surface area contributed by atoms with Crippen LogP contribution < -0.4 is 4.90 Å². The maximum absolute atomic E-state index is 13.7. The van der Waals surface area contributed by atoms with E-state index in [1.165, 1.54) is 6.07 Å². The van der Waals surface area contributed by atoms with Gasteiger partial charge in [0.2, 0.25) is 0 Å². The summed E-state index contributed by atoms with van der Waals surface area (Å²) < 4.78 is 13.7. The lowest BCUT2D eigenvalue weighted by atomic mass is 10.1. The van der Waals surface area contributed by atoms with Crippen LogP contribution in [0.2, 0.25) is 0 Å². The normalized spacial score (nSPS) is 10.2. The zero-order valence-electron chi connectivity index (χ0n) is 9.61. The molecule has 0 aromatic heterocycles. The van der Waals surface area contributed by atoms with Gasteiger partial charge in [-0.3, -0.25) is 4.79 Å². The summed E-state index contributed by atoms with van der Waals surface area (Å²) in [6.07, 6.45) is 2.37. The van der Waals surface area contributed by atoms with E-state index in [1.54, 1.807) is 18.2 Å². The highest BCUT2D eigenvalue weighted by Gasteiger charge is 2.13. The maximum atomic E-state index is 13.7. The molecule has 0 radical (unpaired) electrons. The van der Waals surface area contributed by atoms with Crippen LogP contribution in [0.25, 0.3) is 0 Å². The molecular weight excluding hydrogens is 205 g/mol. The largest absolute Gasteiger partial charge is 0.363 e. The topological polar surface area (TPSA) is 20.3 Å². The van der Waals surface area contributed by atoms with Gasteiger partial charge in [0.1, 0.15) is 12.1 Å². The van der Waals surface area contributed by atoms with Gasteiger partial charge in [-0.25, -0.2) is 4.39 Å². The fourth-order valence-electron chi connectivity index (χ4n) is 1.56. The van der Waals surface area contributed by atoms with Crippen molar-refractivity contribution in [1.29, 1.82) is 0 Å². The van der Waals surface area contributed by atoms with Crippen LogP contribution in [-0.4, -0.2) is 18.9 Å². The van der Waals surface area contributed by atoms with E-state index in [-0.39, 0.29) is 11.9 Å². The Morgan fingerprint density at radius 2 is 2.19 bits per heavy atom. The molecular formula is C13H16FNO. The third-order valence-corrected chi connectivity index (χ3v) is 2.37. The molecule has 1 aromatic carbocycles. The van der Waals surface area contributed by atoms with E-state index in [1.807, 2.05) is 18.7 Å². The summed E-state index contributed by atoms with van der Waals surface area (Å²) >= 11 is 0. The predicted molar refractivity (Wildman–Crippen MR) is 64.5 cm³/mol. The molecule has 3 heteroatoms. The number of halogens is 1. The first-order valence-corrected chi connectivity index (χ1v) is 5.22. The molecule has 0 fully saturated rings. The van der Waals surface area contributed by atoms with Crippen LogP contribution in [-0.2, 0) is 0 Å². The van der Waals surface area contributed by atoms with Crippen LogP contribution in [0.5, 0.6) is 0 Å². The molecule has 0 heterocycles. The standard InChI is InChI=1S/C13H16FNO/c1-4-7-15(10(2)3)13-6-5-11(9-16)8-12(13)14/h4-6,8-10H,1,7H2,2-3H3. The van der Waals surface area contributed by atoms with Crippen LogP contribution in [0.15, 0.2) is 30.9 Å². The lowest BCUT2D eigenvalue weighted by molar-refractivity contribution is 0.112. The average molecular weight is 221 g/mol. The van der Waals surface area contributed by atoms with Gasteiger partial charge in [0.15, 0.2) is 0 Å². The predicted octanol–water partition coefficient (Wildman–Crippen LogP) is 3.04. The van der Waals surface area contributed by atoms with Crippen LogP contribution in [0.1, 0.15) is 24.2 Å². The first-order chi connectivity index (χ1) is 7.60. The molecule has 0 amide bonds. The number of carbonyl (C=O) groups is 1. The molecule has 1 rings (SSSR count). The van der Waals surface area contributed by atoms with Gasteiger partial charge in [-0.05, 0) is 32.0 Å². The Morgan fingerprint density at radius 3 is 2.62 bits per heavy atom. The highest BCUT2D eigenvalue weighted by atomic mass is 19.1. The zero-order chi connectivity index (χ0) is 12.1. The SMILES string of the molecule is C=CCN(c1ccc(C=O)cc1F)C(C)C. The minimum absolute atomic E-state index is 0.176. The van der Waals surface area contributed by atoms with E-state index < -0.39 is 0 Å². The van der Waals surface area contributed by atoms with Gasteiger partial charge < -0.3 is 4.90 Å².